The summed E-state index contributed by atoms with van der Waals surface area (Å²) in [5, 5.41) is 13.4. The molecule has 3 heterocycles. The maximum absolute atomic E-state index is 11.9. The normalized spacial score (nSPS) is 16.6. The first-order valence-corrected chi connectivity index (χ1v) is 20.3. The van der Waals surface area contributed by atoms with Gasteiger partial charge in [-0.1, -0.05) is 83.8 Å². The molecule has 1 saturated heterocycles. The third kappa shape index (κ3) is 8.68. The molecule has 2 N–H and O–H groups in total. The molecule has 1 aromatic heterocycles. The fourth-order valence-corrected chi connectivity index (χ4v) is 8.44. The lowest BCUT2D eigenvalue weighted by molar-refractivity contribution is -1.08. The zero-order valence-electron chi connectivity index (χ0n) is 29.5. The smallest absolute Gasteiger partial charge is 0.374 e. The summed E-state index contributed by atoms with van der Waals surface area (Å²) in [7, 11) is -4.24. The van der Waals surface area contributed by atoms with Crippen molar-refractivity contribution in [1.82, 2.24) is 0 Å². The average molecular weight is 758 g/mol. The summed E-state index contributed by atoms with van der Waals surface area (Å²) in [4.78, 5) is 7.17. The van der Waals surface area contributed by atoms with E-state index < -0.39 is 15.9 Å². The molecule has 2 aliphatic heterocycles. The Morgan fingerprint density at radius 1 is 0.925 bits per heavy atom. The van der Waals surface area contributed by atoms with Crippen LogP contribution in [0.1, 0.15) is 38.5 Å². The third-order valence-electron chi connectivity index (χ3n) is 9.58. The quantitative estimate of drug-likeness (QED) is 0.0285. The summed E-state index contributed by atoms with van der Waals surface area (Å²) >= 11 is 1.58. The number of ether oxygens (including phenoxy) is 1. The molecule has 1 fully saturated rings. The second kappa shape index (κ2) is 16.3. The van der Waals surface area contributed by atoms with Gasteiger partial charge in [0, 0.05) is 36.5 Å². The fourth-order valence-electron chi connectivity index (χ4n) is 6.85. The van der Waals surface area contributed by atoms with Gasteiger partial charge in [0.2, 0.25) is 11.5 Å². The fraction of sp³-hybridized carbons (Fsp3) is 0.275. The molecule has 0 bridgehead atoms. The van der Waals surface area contributed by atoms with E-state index in [0.29, 0.717) is 41.9 Å². The molecule has 4 aromatic carbocycles. The van der Waals surface area contributed by atoms with E-state index in [-0.39, 0.29) is 10.6 Å². The van der Waals surface area contributed by atoms with E-state index >= 15 is 0 Å². The highest BCUT2D eigenvalue weighted by Gasteiger charge is 2.37. The Morgan fingerprint density at radius 3 is 2.26 bits per heavy atom. The molecule has 276 valence electrons. The lowest BCUT2D eigenvalue weighted by atomic mass is 10.0. The number of nitrogens with zero attached hydrogens (tertiary/aromatic N) is 3. The van der Waals surface area contributed by atoms with Crippen LogP contribution < -0.4 is 14.2 Å². The van der Waals surface area contributed by atoms with E-state index in [1.807, 2.05) is 91.9 Å². The molecule has 0 radical (unpaired) electrons. The monoisotopic (exact) mass is 757 g/mol. The highest BCUT2D eigenvalue weighted by molar-refractivity contribution is 7.93. The second-order valence-corrected chi connectivity index (χ2v) is 16.0. The molecule has 0 spiro atoms. The molecular formula is C40H43N3O8S2+2. The van der Waals surface area contributed by atoms with Gasteiger partial charge in [-0.15, -0.1) is 0 Å². The minimum Gasteiger partial charge on any atom is -0.439 e. The van der Waals surface area contributed by atoms with Crippen LogP contribution in [0.15, 0.2) is 119 Å². The summed E-state index contributed by atoms with van der Waals surface area (Å²) in [6.07, 6.45) is 7.56. The van der Waals surface area contributed by atoms with Gasteiger partial charge in [-0.25, -0.2) is 5.26 Å². The number of rotatable bonds is 14. The van der Waals surface area contributed by atoms with Crippen LogP contribution in [0.4, 0.5) is 5.69 Å². The highest BCUT2D eigenvalue weighted by Crippen LogP contribution is 2.42. The first-order valence-electron chi connectivity index (χ1n) is 17.8. The minimum atomic E-state index is -4.24. The van der Waals surface area contributed by atoms with E-state index in [1.165, 1.54) is 0 Å². The number of anilines is 1. The number of hydrogen-bond acceptors (Lipinski definition) is 9. The van der Waals surface area contributed by atoms with Crippen LogP contribution in [0.5, 0.6) is 5.75 Å². The lowest BCUT2D eigenvalue weighted by Crippen LogP contribution is -2.46. The van der Waals surface area contributed by atoms with Gasteiger partial charge >= 0.3 is 5.89 Å². The van der Waals surface area contributed by atoms with Crippen molar-refractivity contribution >= 4 is 44.9 Å². The van der Waals surface area contributed by atoms with Crippen molar-refractivity contribution in [1.29, 1.82) is 0 Å². The molecule has 2 aliphatic rings. The van der Waals surface area contributed by atoms with Gasteiger partial charge in [0.05, 0.1) is 17.5 Å². The van der Waals surface area contributed by atoms with E-state index in [0.717, 1.165) is 71.3 Å². The summed E-state index contributed by atoms with van der Waals surface area (Å²) < 4.78 is 48.7. The van der Waals surface area contributed by atoms with Crippen molar-refractivity contribution in [2.75, 3.05) is 36.0 Å². The predicted octanol–water partition coefficient (Wildman–Crippen LogP) is 8.46. The Morgan fingerprint density at radius 2 is 1.60 bits per heavy atom. The Balaban J connectivity index is 1.25. The predicted molar refractivity (Wildman–Crippen MR) is 206 cm³/mol. The van der Waals surface area contributed by atoms with Crippen LogP contribution in [0.25, 0.3) is 39.4 Å². The minimum absolute atomic E-state index is 0.00332. The number of benzene rings is 4. The van der Waals surface area contributed by atoms with Crippen LogP contribution in [0.2, 0.25) is 0 Å². The number of piperidine rings is 1. The number of aryl methyl sites for hydroxylation is 1. The van der Waals surface area contributed by atoms with Gasteiger partial charge in [0.1, 0.15) is 30.8 Å². The van der Waals surface area contributed by atoms with Gasteiger partial charge in [0.15, 0.2) is 12.3 Å². The van der Waals surface area contributed by atoms with Crippen LogP contribution in [-0.2, 0) is 26.7 Å². The highest BCUT2D eigenvalue weighted by atomic mass is 32.2. The molecule has 0 unspecified atom stereocenters. The summed E-state index contributed by atoms with van der Waals surface area (Å²) in [6.45, 7) is 4.06. The number of quaternary nitrogens is 1. The molecule has 53 heavy (non-hydrogen) atoms. The molecule has 0 amide bonds. The van der Waals surface area contributed by atoms with Crippen LogP contribution in [0.3, 0.4) is 0 Å². The zero-order valence-corrected chi connectivity index (χ0v) is 31.1. The van der Waals surface area contributed by atoms with Gasteiger partial charge in [-0.2, -0.15) is 13.0 Å². The Kier molecular flexibility index (Phi) is 11.3. The standard InChI is InChI=1S/C40H41N3O8S2/c1-2-30(27-40-42(21-25-53(45,46)47)36-29-34(17-19-38(36)49-40)32-14-8-4-9-15-32)26-39-41(20-24-52-43(50-51-44)22-10-5-11-23-43)35-28-33(16-18-37(35)48-39)31-12-6-3-7-13-31/h3-4,6-9,12-19,26-29H,2,5,10-11,20-25H2,1H3/p+2. The molecular weight excluding hydrogens is 715 g/mol. The van der Waals surface area contributed by atoms with E-state index in [9.17, 15) is 18.2 Å². The molecule has 11 nitrogen and oxygen atoms in total. The third-order valence-corrected chi connectivity index (χ3v) is 11.5. The molecule has 5 aromatic rings. The summed E-state index contributed by atoms with van der Waals surface area (Å²) in [5.41, 5.74) is 7.38. The second-order valence-electron chi connectivity index (χ2n) is 13.1. The number of hydrogen-bond donors (Lipinski definition) is 2. The van der Waals surface area contributed by atoms with Crippen molar-refractivity contribution in [3.05, 3.63) is 120 Å². The molecule has 0 atom stereocenters. The lowest BCUT2D eigenvalue weighted by Gasteiger charge is -2.32. The number of aromatic nitrogens is 1. The SMILES string of the molecule is CCC(=Cc1oc2ccc(-c3ccccc3)cc2[n+]1CCS[N+]1(OOO)CCCCC1)C=C1Oc2ccc(-c3ccccc3)cc2N1CCS(=O)(=O)O. The number of oxazole rings is 1. The molecule has 13 heteroatoms. The number of allylic oxidation sites excluding steroid dienone is 2. The van der Waals surface area contributed by atoms with Crippen LogP contribution in [-0.4, -0.2) is 53.4 Å². The zero-order chi connectivity index (χ0) is 36.8. The first-order chi connectivity index (χ1) is 25.7. The van der Waals surface area contributed by atoms with Gasteiger partial charge in [-0.3, -0.25) is 4.55 Å². The summed E-state index contributed by atoms with van der Waals surface area (Å²) in [5.74, 6) is 1.85. The summed E-state index contributed by atoms with van der Waals surface area (Å²) in [6, 6.07) is 32.1. The molecule has 0 saturated carbocycles. The number of hydroxylamine groups is 2. The Labute approximate surface area is 313 Å². The van der Waals surface area contributed by atoms with Crippen LogP contribution in [0, 0.1) is 0 Å². The van der Waals surface area contributed by atoms with Crippen molar-refractivity contribution in [3.63, 3.8) is 0 Å². The first kappa shape index (κ1) is 36.9. The Bertz CT molecular complexity index is 2210. The van der Waals surface area contributed by atoms with E-state index in [4.69, 9.17) is 14.1 Å². The van der Waals surface area contributed by atoms with Crippen molar-refractivity contribution in [2.24, 2.45) is 0 Å². The van der Waals surface area contributed by atoms with E-state index in [1.54, 1.807) is 16.8 Å². The van der Waals surface area contributed by atoms with Gasteiger partial charge in [-0.05, 0) is 63.9 Å². The average Bonchev–Trinajstić information content (AvgIpc) is 3.70. The maximum atomic E-state index is 11.9. The van der Waals surface area contributed by atoms with Crippen LogP contribution >= 0.6 is 11.9 Å². The van der Waals surface area contributed by atoms with Crippen molar-refractivity contribution < 1.29 is 46.0 Å². The molecule has 7 rings (SSSR count). The van der Waals surface area contributed by atoms with Gasteiger partial charge in [0.25, 0.3) is 15.6 Å². The molecule has 0 aliphatic carbocycles. The van der Waals surface area contributed by atoms with Crippen molar-refractivity contribution in [2.45, 2.75) is 39.2 Å². The van der Waals surface area contributed by atoms with Gasteiger partial charge < -0.3 is 14.1 Å². The van der Waals surface area contributed by atoms with Crippen molar-refractivity contribution in [3.8, 4) is 28.0 Å². The Hall–Kier alpha value is -4.47. The van der Waals surface area contributed by atoms with E-state index in [2.05, 4.69) is 33.9 Å². The maximum Gasteiger partial charge on any atom is 0.374 e. The topological polar surface area (TPSA) is 123 Å². The largest absolute Gasteiger partial charge is 0.439 e. The number of fused-ring (bicyclic) bond motifs is 2.